The number of β-amino-alcohol motifs (C(OH)–C–C–N with tert-alkyl or cyclic N) is 1. The highest BCUT2D eigenvalue weighted by atomic mass is 16.3. The summed E-state index contributed by atoms with van der Waals surface area (Å²) in [5.41, 5.74) is 4.60. The van der Waals surface area contributed by atoms with Gasteiger partial charge in [-0.05, 0) is 31.9 Å². The molecule has 8 nitrogen and oxygen atoms in total. The van der Waals surface area contributed by atoms with Crippen molar-refractivity contribution in [2.45, 2.75) is 25.9 Å². The molecule has 4 aromatic rings. The first kappa shape index (κ1) is 19.4. The Labute approximate surface area is 179 Å². The molecule has 0 radical (unpaired) electrons. The number of nitrogens with zero attached hydrogens (tertiary/aromatic N) is 6. The number of amides is 1. The second-order valence-electron chi connectivity index (χ2n) is 8.27. The third-order valence-electron chi connectivity index (χ3n) is 6.21. The van der Waals surface area contributed by atoms with E-state index in [1.165, 1.54) is 0 Å². The number of hydrogen-bond acceptors (Lipinski definition) is 5. The molecular formula is C23H24N6O2. The van der Waals surface area contributed by atoms with Gasteiger partial charge in [0.15, 0.2) is 11.3 Å². The smallest absolute Gasteiger partial charge is 0.274 e. The fourth-order valence-corrected chi connectivity index (χ4v) is 4.18. The van der Waals surface area contributed by atoms with E-state index in [2.05, 4.69) is 15.2 Å². The minimum Gasteiger partial charge on any atom is -0.383 e. The summed E-state index contributed by atoms with van der Waals surface area (Å²) in [6.07, 6.45) is 3.99. The van der Waals surface area contributed by atoms with Gasteiger partial charge in [-0.2, -0.15) is 10.2 Å². The van der Waals surface area contributed by atoms with Crippen LogP contribution in [0, 0.1) is 13.8 Å². The molecule has 1 aliphatic heterocycles. The predicted molar refractivity (Wildman–Crippen MR) is 116 cm³/mol. The van der Waals surface area contributed by atoms with Gasteiger partial charge in [0, 0.05) is 37.1 Å². The summed E-state index contributed by atoms with van der Waals surface area (Å²) in [6.45, 7) is 4.71. The normalized spacial score (nSPS) is 18.8. The van der Waals surface area contributed by atoms with E-state index in [4.69, 9.17) is 0 Å². The van der Waals surface area contributed by atoms with E-state index in [1.54, 1.807) is 32.6 Å². The molecule has 0 aliphatic carbocycles. The number of rotatable bonds is 3. The van der Waals surface area contributed by atoms with Gasteiger partial charge in [0.25, 0.3) is 5.91 Å². The maximum absolute atomic E-state index is 13.2. The molecule has 4 heterocycles. The minimum atomic E-state index is -1.04. The topological polar surface area (TPSA) is 88.5 Å². The lowest BCUT2D eigenvalue weighted by atomic mass is 9.92. The summed E-state index contributed by atoms with van der Waals surface area (Å²) in [4.78, 5) is 19.2. The van der Waals surface area contributed by atoms with Gasteiger partial charge in [0.1, 0.15) is 5.60 Å². The zero-order valence-corrected chi connectivity index (χ0v) is 17.8. The number of benzene rings is 1. The SMILES string of the molecule is Cc1ccc([C@]2(O)CCN(C(=O)c3cc4nccc(-c5cnn(C)c5C)n4n3)C2)cc1. The summed E-state index contributed by atoms with van der Waals surface area (Å²) >= 11 is 0. The number of aliphatic hydroxyl groups is 1. The quantitative estimate of drug-likeness (QED) is 0.554. The van der Waals surface area contributed by atoms with Crippen molar-refractivity contribution >= 4 is 11.6 Å². The van der Waals surface area contributed by atoms with Crippen LogP contribution < -0.4 is 0 Å². The molecule has 31 heavy (non-hydrogen) atoms. The van der Waals surface area contributed by atoms with Crippen LogP contribution in [0.5, 0.6) is 0 Å². The van der Waals surface area contributed by atoms with Crippen molar-refractivity contribution in [3.05, 3.63) is 71.3 Å². The zero-order valence-electron chi connectivity index (χ0n) is 17.8. The molecule has 1 amide bonds. The number of carbonyl (C=O) groups excluding carboxylic acids is 1. The lowest BCUT2D eigenvalue weighted by Crippen LogP contribution is -2.34. The summed E-state index contributed by atoms with van der Waals surface area (Å²) in [6, 6.07) is 11.4. The van der Waals surface area contributed by atoms with E-state index < -0.39 is 5.60 Å². The van der Waals surface area contributed by atoms with E-state index in [-0.39, 0.29) is 12.5 Å². The van der Waals surface area contributed by atoms with Gasteiger partial charge in [-0.1, -0.05) is 29.8 Å². The van der Waals surface area contributed by atoms with Gasteiger partial charge >= 0.3 is 0 Å². The Morgan fingerprint density at radius 2 is 1.94 bits per heavy atom. The first-order valence-electron chi connectivity index (χ1n) is 10.3. The Hall–Kier alpha value is -3.52. The maximum atomic E-state index is 13.2. The zero-order chi connectivity index (χ0) is 21.8. The molecule has 0 unspecified atom stereocenters. The van der Waals surface area contributed by atoms with E-state index in [0.29, 0.717) is 24.3 Å². The summed E-state index contributed by atoms with van der Waals surface area (Å²) in [7, 11) is 1.89. The van der Waals surface area contributed by atoms with Crippen LogP contribution in [-0.2, 0) is 12.6 Å². The van der Waals surface area contributed by atoms with Crippen molar-refractivity contribution in [1.29, 1.82) is 0 Å². The molecule has 0 bridgehead atoms. The molecule has 3 aromatic heterocycles. The largest absolute Gasteiger partial charge is 0.383 e. The third-order valence-corrected chi connectivity index (χ3v) is 6.21. The van der Waals surface area contributed by atoms with Gasteiger partial charge in [0.05, 0.1) is 18.4 Å². The molecule has 1 saturated heterocycles. The molecule has 0 spiro atoms. The molecular weight excluding hydrogens is 392 g/mol. The highest BCUT2D eigenvalue weighted by Gasteiger charge is 2.40. The number of likely N-dealkylation sites (tertiary alicyclic amines) is 1. The second-order valence-corrected chi connectivity index (χ2v) is 8.27. The van der Waals surface area contributed by atoms with Crippen LogP contribution in [0.25, 0.3) is 16.9 Å². The number of carbonyl (C=O) groups is 1. The third kappa shape index (κ3) is 3.19. The lowest BCUT2D eigenvalue weighted by Gasteiger charge is -2.23. The number of aryl methyl sites for hydroxylation is 2. The van der Waals surface area contributed by atoms with Crippen molar-refractivity contribution in [1.82, 2.24) is 29.3 Å². The van der Waals surface area contributed by atoms with Gasteiger partial charge in [-0.25, -0.2) is 9.50 Å². The molecule has 0 saturated carbocycles. The van der Waals surface area contributed by atoms with Crippen LogP contribution in [-0.4, -0.2) is 53.4 Å². The first-order chi connectivity index (χ1) is 14.9. The van der Waals surface area contributed by atoms with E-state index in [0.717, 1.165) is 28.1 Å². The van der Waals surface area contributed by atoms with E-state index >= 15 is 0 Å². The van der Waals surface area contributed by atoms with Crippen molar-refractivity contribution in [3.63, 3.8) is 0 Å². The minimum absolute atomic E-state index is 0.206. The molecule has 1 N–H and O–H groups in total. The lowest BCUT2D eigenvalue weighted by molar-refractivity contribution is 0.0415. The van der Waals surface area contributed by atoms with Crippen LogP contribution in [0.4, 0.5) is 0 Å². The highest BCUT2D eigenvalue weighted by molar-refractivity contribution is 5.93. The predicted octanol–water partition coefficient (Wildman–Crippen LogP) is 2.48. The summed E-state index contributed by atoms with van der Waals surface area (Å²) < 4.78 is 3.48. The van der Waals surface area contributed by atoms with Crippen LogP contribution in [0.2, 0.25) is 0 Å². The van der Waals surface area contributed by atoms with Gasteiger partial charge in [-0.3, -0.25) is 9.48 Å². The first-order valence-corrected chi connectivity index (χ1v) is 10.3. The number of hydrogen-bond donors (Lipinski definition) is 1. The summed E-state index contributed by atoms with van der Waals surface area (Å²) in [5, 5.41) is 20.0. The Kier molecular flexibility index (Phi) is 4.40. The molecule has 1 fully saturated rings. The Morgan fingerprint density at radius 3 is 2.65 bits per heavy atom. The van der Waals surface area contributed by atoms with Crippen LogP contribution in [0.3, 0.4) is 0 Å². The number of fused-ring (bicyclic) bond motifs is 1. The van der Waals surface area contributed by atoms with Crippen LogP contribution in [0.1, 0.15) is 33.7 Å². The standard InChI is InChI=1S/C23H24N6O2/c1-15-4-6-17(7-5-15)23(31)9-11-28(14-23)22(30)19-12-21-24-10-8-20(29(21)26-19)18-13-25-27(3)16(18)2/h4-8,10,12-13,31H,9,11,14H2,1-3H3/t23-/m0/s1. The molecule has 1 aliphatic rings. The molecule has 5 rings (SSSR count). The van der Waals surface area contributed by atoms with Gasteiger partial charge in [0.2, 0.25) is 0 Å². The van der Waals surface area contributed by atoms with Crippen molar-refractivity contribution in [2.75, 3.05) is 13.1 Å². The van der Waals surface area contributed by atoms with Gasteiger partial charge < -0.3 is 10.0 Å². The van der Waals surface area contributed by atoms with Crippen LogP contribution >= 0.6 is 0 Å². The van der Waals surface area contributed by atoms with E-state index in [1.807, 2.05) is 51.2 Å². The molecule has 1 aromatic carbocycles. The second kappa shape index (κ2) is 7.02. The molecule has 1 atom stereocenters. The van der Waals surface area contributed by atoms with Gasteiger partial charge in [-0.15, -0.1) is 0 Å². The van der Waals surface area contributed by atoms with Crippen molar-refractivity contribution < 1.29 is 9.90 Å². The number of aromatic nitrogens is 5. The molecule has 158 valence electrons. The van der Waals surface area contributed by atoms with Crippen LogP contribution in [0.15, 0.2) is 48.8 Å². The average Bonchev–Trinajstić information content (AvgIpc) is 3.46. The maximum Gasteiger partial charge on any atom is 0.274 e. The van der Waals surface area contributed by atoms with Crippen molar-refractivity contribution in [3.8, 4) is 11.3 Å². The molecule has 8 heteroatoms. The van der Waals surface area contributed by atoms with Crippen molar-refractivity contribution in [2.24, 2.45) is 7.05 Å². The average molecular weight is 416 g/mol. The fraction of sp³-hybridized carbons (Fsp3) is 0.304. The highest BCUT2D eigenvalue weighted by Crippen LogP contribution is 2.33. The Bertz CT molecular complexity index is 1290. The summed E-state index contributed by atoms with van der Waals surface area (Å²) in [5.74, 6) is -0.206. The monoisotopic (exact) mass is 416 g/mol. The fourth-order valence-electron chi connectivity index (χ4n) is 4.18. The van der Waals surface area contributed by atoms with E-state index in [9.17, 15) is 9.90 Å². The Morgan fingerprint density at radius 1 is 1.16 bits per heavy atom. The Balaban J connectivity index is 1.45.